The minimum Gasteiger partial charge on any atom is -0.318 e. The highest BCUT2D eigenvalue weighted by molar-refractivity contribution is 5.14. The van der Waals surface area contributed by atoms with E-state index in [4.69, 9.17) is 0 Å². The first kappa shape index (κ1) is 14.2. The lowest BCUT2D eigenvalue weighted by Crippen LogP contribution is -2.41. The van der Waals surface area contributed by atoms with Crippen LogP contribution in [0.5, 0.6) is 0 Å². The van der Waals surface area contributed by atoms with Crippen LogP contribution in [0.25, 0.3) is 0 Å². The third-order valence-corrected chi connectivity index (χ3v) is 3.21. The van der Waals surface area contributed by atoms with Gasteiger partial charge in [-0.25, -0.2) is 0 Å². The molecule has 96 valence electrons. The molecule has 0 fully saturated rings. The SMILES string of the molecule is CCCC(CNC)N(CC)Cc1ccccc1. The molecule has 1 aromatic rings. The number of likely N-dealkylation sites (N-methyl/N-ethyl adjacent to an activating group) is 2. The molecule has 1 aromatic carbocycles. The van der Waals surface area contributed by atoms with Crippen LogP contribution < -0.4 is 5.32 Å². The Morgan fingerprint density at radius 2 is 1.88 bits per heavy atom. The van der Waals surface area contributed by atoms with Crippen LogP contribution in [0, 0.1) is 0 Å². The first-order valence-corrected chi connectivity index (χ1v) is 6.74. The van der Waals surface area contributed by atoms with Crippen LogP contribution in [-0.4, -0.2) is 31.1 Å². The molecule has 1 rings (SSSR count). The summed E-state index contributed by atoms with van der Waals surface area (Å²) in [6.07, 6.45) is 2.51. The van der Waals surface area contributed by atoms with Crippen LogP contribution in [-0.2, 0) is 6.54 Å². The van der Waals surface area contributed by atoms with E-state index in [1.54, 1.807) is 0 Å². The summed E-state index contributed by atoms with van der Waals surface area (Å²) in [6, 6.07) is 11.4. The Kier molecular flexibility index (Phi) is 6.90. The molecule has 17 heavy (non-hydrogen) atoms. The van der Waals surface area contributed by atoms with E-state index in [9.17, 15) is 0 Å². The minimum absolute atomic E-state index is 0.648. The number of rotatable bonds is 8. The third-order valence-electron chi connectivity index (χ3n) is 3.21. The Labute approximate surface area is 106 Å². The largest absolute Gasteiger partial charge is 0.318 e. The van der Waals surface area contributed by atoms with Gasteiger partial charge in [-0.15, -0.1) is 0 Å². The van der Waals surface area contributed by atoms with Crippen LogP contribution in [0.15, 0.2) is 30.3 Å². The fourth-order valence-corrected chi connectivity index (χ4v) is 2.30. The van der Waals surface area contributed by atoms with Gasteiger partial charge in [0, 0.05) is 19.1 Å². The second-order valence-electron chi connectivity index (χ2n) is 4.55. The predicted octanol–water partition coefficient (Wildman–Crippen LogP) is 2.90. The Bertz CT molecular complexity index is 278. The Balaban J connectivity index is 2.61. The Morgan fingerprint density at radius 3 is 2.41 bits per heavy atom. The van der Waals surface area contributed by atoms with E-state index >= 15 is 0 Å². The van der Waals surface area contributed by atoms with E-state index in [1.165, 1.54) is 18.4 Å². The lowest BCUT2D eigenvalue weighted by Gasteiger charge is -2.30. The van der Waals surface area contributed by atoms with Gasteiger partial charge >= 0.3 is 0 Å². The fourth-order valence-electron chi connectivity index (χ4n) is 2.30. The van der Waals surface area contributed by atoms with Gasteiger partial charge in [-0.3, -0.25) is 4.90 Å². The van der Waals surface area contributed by atoms with Crippen LogP contribution in [0.3, 0.4) is 0 Å². The fraction of sp³-hybridized carbons (Fsp3) is 0.600. The van der Waals surface area contributed by atoms with Crippen LogP contribution in [0.1, 0.15) is 32.3 Å². The lowest BCUT2D eigenvalue weighted by molar-refractivity contribution is 0.184. The molecule has 0 aliphatic carbocycles. The number of nitrogens with one attached hydrogen (secondary N) is 1. The molecule has 0 radical (unpaired) electrons. The predicted molar refractivity (Wildman–Crippen MR) is 75.1 cm³/mol. The lowest BCUT2D eigenvalue weighted by atomic mass is 10.1. The minimum atomic E-state index is 0.648. The average molecular weight is 234 g/mol. The van der Waals surface area contributed by atoms with Crippen molar-refractivity contribution < 1.29 is 0 Å². The topological polar surface area (TPSA) is 15.3 Å². The van der Waals surface area contributed by atoms with E-state index in [1.807, 2.05) is 7.05 Å². The van der Waals surface area contributed by atoms with E-state index in [0.717, 1.165) is 19.6 Å². The highest BCUT2D eigenvalue weighted by atomic mass is 15.2. The molecule has 0 amide bonds. The summed E-state index contributed by atoms with van der Waals surface area (Å²) >= 11 is 0. The van der Waals surface area contributed by atoms with Crippen LogP contribution in [0.4, 0.5) is 0 Å². The van der Waals surface area contributed by atoms with E-state index in [0.29, 0.717) is 6.04 Å². The monoisotopic (exact) mass is 234 g/mol. The van der Waals surface area contributed by atoms with Gasteiger partial charge in [0.05, 0.1) is 0 Å². The van der Waals surface area contributed by atoms with Crippen molar-refractivity contribution in [3.8, 4) is 0 Å². The van der Waals surface area contributed by atoms with Crippen molar-refractivity contribution in [1.82, 2.24) is 10.2 Å². The molecule has 2 nitrogen and oxygen atoms in total. The maximum Gasteiger partial charge on any atom is 0.0237 e. The molecule has 0 aromatic heterocycles. The first-order chi connectivity index (χ1) is 8.31. The Hall–Kier alpha value is -0.860. The molecule has 0 saturated heterocycles. The molecule has 2 heteroatoms. The normalized spacial score (nSPS) is 12.9. The molecular formula is C15H26N2. The van der Waals surface area contributed by atoms with Gasteiger partial charge in [0.25, 0.3) is 0 Å². The molecule has 1 atom stereocenters. The van der Waals surface area contributed by atoms with Gasteiger partial charge in [0.15, 0.2) is 0 Å². The molecule has 0 aliphatic heterocycles. The Morgan fingerprint density at radius 1 is 1.18 bits per heavy atom. The molecule has 0 heterocycles. The second-order valence-corrected chi connectivity index (χ2v) is 4.55. The summed E-state index contributed by atoms with van der Waals surface area (Å²) in [5.41, 5.74) is 1.41. The first-order valence-electron chi connectivity index (χ1n) is 6.74. The van der Waals surface area contributed by atoms with Gasteiger partial charge in [-0.2, -0.15) is 0 Å². The molecule has 1 unspecified atom stereocenters. The summed E-state index contributed by atoms with van der Waals surface area (Å²) in [7, 11) is 2.04. The zero-order valence-corrected chi connectivity index (χ0v) is 11.4. The van der Waals surface area contributed by atoms with Crippen molar-refractivity contribution in [2.24, 2.45) is 0 Å². The van der Waals surface area contributed by atoms with Gasteiger partial charge in [-0.05, 0) is 25.6 Å². The van der Waals surface area contributed by atoms with Crippen molar-refractivity contribution in [2.45, 2.75) is 39.3 Å². The van der Waals surface area contributed by atoms with Gasteiger partial charge < -0.3 is 5.32 Å². The van der Waals surface area contributed by atoms with Gasteiger partial charge in [0.2, 0.25) is 0 Å². The summed E-state index contributed by atoms with van der Waals surface area (Å²) in [4.78, 5) is 2.56. The van der Waals surface area contributed by atoms with E-state index in [2.05, 4.69) is 54.4 Å². The summed E-state index contributed by atoms with van der Waals surface area (Å²) in [5.74, 6) is 0. The summed E-state index contributed by atoms with van der Waals surface area (Å²) in [5, 5.41) is 3.31. The second kappa shape index (κ2) is 8.26. The summed E-state index contributed by atoms with van der Waals surface area (Å²) < 4.78 is 0. The van der Waals surface area contributed by atoms with Gasteiger partial charge in [-0.1, -0.05) is 50.6 Å². The highest BCUT2D eigenvalue weighted by Gasteiger charge is 2.15. The number of benzene rings is 1. The van der Waals surface area contributed by atoms with E-state index in [-0.39, 0.29) is 0 Å². The molecule has 1 N–H and O–H groups in total. The maximum atomic E-state index is 3.31. The highest BCUT2D eigenvalue weighted by Crippen LogP contribution is 2.11. The number of hydrogen-bond acceptors (Lipinski definition) is 2. The van der Waals surface area contributed by atoms with Gasteiger partial charge in [0.1, 0.15) is 0 Å². The zero-order chi connectivity index (χ0) is 12.5. The van der Waals surface area contributed by atoms with Crippen molar-refractivity contribution in [3.63, 3.8) is 0 Å². The summed E-state index contributed by atoms with van der Waals surface area (Å²) in [6.45, 7) is 7.76. The van der Waals surface area contributed by atoms with Crippen molar-refractivity contribution in [3.05, 3.63) is 35.9 Å². The van der Waals surface area contributed by atoms with E-state index < -0.39 is 0 Å². The number of nitrogens with zero attached hydrogens (tertiary/aromatic N) is 1. The third kappa shape index (κ3) is 4.88. The van der Waals surface area contributed by atoms with Crippen LogP contribution in [0.2, 0.25) is 0 Å². The number of hydrogen-bond donors (Lipinski definition) is 1. The molecule has 0 saturated carbocycles. The van der Waals surface area contributed by atoms with Crippen molar-refractivity contribution in [1.29, 1.82) is 0 Å². The zero-order valence-electron chi connectivity index (χ0n) is 11.4. The molecule has 0 spiro atoms. The maximum absolute atomic E-state index is 3.31. The quantitative estimate of drug-likeness (QED) is 0.744. The van der Waals surface area contributed by atoms with Crippen molar-refractivity contribution >= 4 is 0 Å². The standard InChI is InChI=1S/C15H26N2/c1-4-9-15(12-16-3)17(5-2)13-14-10-7-6-8-11-14/h6-8,10-11,15-16H,4-5,9,12-13H2,1-3H3. The molecular weight excluding hydrogens is 208 g/mol. The smallest absolute Gasteiger partial charge is 0.0237 e. The van der Waals surface area contributed by atoms with Crippen molar-refractivity contribution in [2.75, 3.05) is 20.1 Å². The average Bonchev–Trinajstić information content (AvgIpc) is 2.37. The molecule has 0 bridgehead atoms. The van der Waals surface area contributed by atoms with Crippen LogP contribution >= 0.6 is 0 Å². The molecule has 0 aliphatic rings.